The molecule has 1 aromatic carbocycles. The fraction of sp³-hybridized carbons (Fsp3) is 0.364. The Morgan fingerprint density at radius 1 is 1.30 bits per heavy atom. The Balaban J connectivity index is 1.63. The van der Waals surface area contributed by atoms with Gasteiger partial charge in [0.05, 0.1) is 44.0 Å². The molecular formula is C22H24N2O5S. The summed E-state index contributed by atoms with van der Waals surface area (Å²) in [6.07, 6.45) is -0.216. The number of carbonyl (C=O) groups is 1. The number of nitrogens with one attached hydrogen (secondary N) is 1. The topological polar surface area (TPSA) is 80.9 Å². The third-order valence-corrected chi connectivity index (χ3v) is 5.75. The molecule has 1 fully saturated rings. The molecule has 7 nitrogen and oxygen atoms in total. The van der Waals surface area contributed by atoms with Crippen molar-refractivity contribution in [3.05, 3.63) is 62.6 Å². The normalized spacial score (nSPS) is 16.5. The first-order valence-corrected chi connectivity index (χ1v) is 10.8. The van der Waals surface area contributed by atoms with Crippen molar-refractivity contribution in [3.8, 4) is 5.75 Å². The number of hydrogen-bond donors (Lipinski definition) is 1. The molecule has 1 N–H and O–H groups in total. The van der Waals surface area contributed by atoms with Crippen LogP contribution in [0.5, 0.6) is 5.75 Å². The quantitative estimate of drug-likeness (QED) is 0.626. The van der Waals surface area contributed by atoms with Gasteiger partial charge in [-0.1, -0.05) is 6.07 Å². The predicted molar refractivity (Wildman–Crippen MR) is 115 cm³/mol. The van der Waals surface area contributed by atoms with Gasteiger partial charge in [-0.25, -0.2) is 0 Å². The van der Waals surface area contributed by atoms with E-state index in [-0.39, 0.29) is 24.1 Å². The van der Waals surface area contributed by atoms with Crippen molar-refractivity contribution < 1.29 is 19.0 Å². The van der Waals surface area contributed by atoms with Crippen LogP contribution < -0.4 is 10.3 Å². The molecule has 1 aliphatic heterocycles. The number of H-pyrrole nitrogens is 1. The maximum atomic E-state index is 13.1. The van der Waals surface area contributed by atoms with Crippen molar-refractivity contribution >= 4 is 28.1 Å². The molecule has 0 bridgehead atoms. The van der Waals surface area contributed by atoms with Gasteiger partial charge in [-0.05, 0) is 42.6 Å². The van der Waals surface area contributed by atoms with Crippen LogP contribution in [0.15, 0.2) is 46.6 Å². The highest BCUT2D eigenvalue weighted by atomic mass is 32.1. The number of hydrogen-bond acceptors (Lipinski definition) is 6. The van der Waals surface area contributed by atoms with Gasteiger partial charge in [-0.2, -0.15) is 0 Å². The van der Waals surface area contributed by atoms with E-state index in [1.807, 2.05) is 42.6 Å². The molecule has 158 valence electrons. The fourth-order valence-corrected chi connectivity index (χ4v) is 4.16. The molecule has 0 saturated carbocycles. The number of nitrogens with zero attached hydrogens (tertiary/aromatic N) is 1. The van der Waals surface area contributed by atoms with Crippen LogP contribution in [-0.2, 0) is 16.0 Å². The third-order valence-electron chi connectivity index (χ3n) is 4.89. The fourth-order valence-electron chi connectivity index (χ4n) is 3.47. The first-order chi connectivity index (χ1) is 14.6. The highest BCUT2D eigenvalue weighted by Crippen LogP contribution is 2.21. The lowest BCUT2D eigenvalue weighted by Gasteiger charge is -2.29. The molecule has 1 saturated heterocycles. The van der Waals surface area contributed by atoms with Crippen LogP contribution in [0.4, 0.5) is 0 Å². The number of pyridine rings is 1. The number of ether oxygens (including phenoxy) is 3. The number of thiophene rings is 1. The molecule has 3 heterocycles. The van der Waals surface area contributed by atoms with E-state index < -0.39 is 0 Å². The summed E-state index contributed by atoms with van der Waals surface area (Å²) in [4.78, 5) is 31.0. The van der Waals surface area contributed by atoms with Gasteiger partial charge in [0.15, 0.2) is 0 Å². The molecule has 3 aromatic rings. The number of aromatic nitrogens is 1. The molecule has 0 spiro atoms. The largest absolute Gasteiger partial charge is 0.494 e. The van der Waals surface area contributed by atoms with E-state index in [0.29, 0.717) is 43.4 Å². The van der Waals surface area contributed by atoms with Crippen molar-refractivity contribution in [1.82, 2.24) is 9.88 Å². The molecule has 1 amide bonds. The second-order valence-corrected chi connectivity index (χ2v) is 7.98. The summed E-state index contributed by atoms with van der Waals surface area (Å²) in [5.41, 5.74) is 1.03. The summed E-state index contributed by atoms with van der Waals surface area (Å²) >= 11 is 1.38. The summed E-state index contributed by atoms with van der Waals surface area (Å²) in [5.74, 6) is 0.615. The van der Waals surface area contributed by atoms with E-state index >= 15 is 0 Å². The van der Waals surface area contributed by atoms with Crippen LogP contribution in [0.2, 0.25) is 0 Å². The van der Waals surface area contributed by atoms with Gasteiger partial charge in [0, 0.05) is 23.0 Å². The zero-order valence-electron chi connectivity index (χ0n) is 16.8. The van der Waals surface area contributed by atoms with E-state index in [1.54, 1.807) is 11.0 Å². The molecule has 0 unspecified atom stereocenters. The predicted octanol–water partition coefficient (Wildman–Crippen LogP) is 3.05. The minimum atomic E-state index is -0.216. The Morgan fingerprint density at radius 2 is 2.20 bits per heavy atom. The smallest absolute Gasteiger partial charge is 0.264 e. The number of benzene rings is 1. The van der Waals surface area contributed by atoms with Crippen LogP contribution in [0, 0.1) is 0 Å². The Kier molecular flexibility index (Phi) is 6.47. The van der Waals surface area contributed by atoms with E-state index in [4.69, 9.17) is 14.2 Å². The molecule has 0 aliphatic carbocycles. The summed E-state index contributed by atoms with van der Waals surface area (Å²) < 4.78 is 16.8. The SMILES string of the molecule is CCOc1ccc2[nH]c(=O)c(CN(C[C@H]3COCCO3)C(=O)c3cccs3)cc2c1. The van der Waals surface area contributed by atoms with Crippen LogP contribution in [0.1, 0.15) is 22.2 Å². The van der Waals surface area contributed by atoms with Gasteiger partial charge >= 0.3 is 0 Å². The average molecular weight is 429 g/mol. The maximum Gasteiger partial charge on any atom is 0.264 e. The molecular weight excluding hydrogens is 404 g/mol. The van der Waals surface area contributed by atoms with E-state index in [2.05, 4.69) is 4.98 Å². The monoisotopic (exact) mass is 428 g/mol. The van der Waals surface area contributed by atoms with Gasteiger partial charge in [-0.3, -0.25) is 9.59 Å². The maximum absolute atomic E-state index is 13.1. The van der Waals surface area contributed by atoms with Gasteiger partial charge < -0.3 is 24.1 Å². The highest BCUT2D eigenvalue weighted by molar-refractivity contribution is 7.12. The second kappa shape index (κ2) is 9.42. The first-order valence-electron chi connectivity index (χ1n) is 9.95. The highest BCUT2D eigenvalue weighted by Gasteiger charge is 2.24. The standard InChI is InChI=1S/C22H24N2O5S/c1-2-28-17-5-6-19-15(11-17)10-16(21(25)23-19)12-24(13-18-14-27-7-8-29-18)22(26)20-4-3-9-30-20/h3-6,9-11,18H,2,7-8,12-14H2,1H3,(H,23,25)/t18-/m0/s1. The van der Waals surface area contributed by atoms with Gasteiger partial charge in [0.25, 0.3) is 11.5 Å². The van der Waals surface area contributed by atoms with Crippen molar-refractivity contribution in [2.45, 2.75) is 19.6 Å². The number of amides is 1. The number of rotatable bonds is 7. The van der Waals surface area contributed by atoms with Crippen LogP contribution in [0.25, 0.3) is 10.9 Å². The molecule has 30 heavy (non-hydrogen) atoms. The number of carbonyl (C=O) groups excluding carboxylic acids is 1. The lowest BCUT2D eigenvalue weighted by Crippen LogP contribution is -2.43. The molecule has 2 aromatic heterocycles. The lowest BCUT2D eigenvalue weighted by atomic mass is 10.1. The zero-order valence-corrected chi connectivity index (χ0v) is 17.6. The van der Waals surface area contributed by atoms with Crippen molar-refractivity contribution in [2.24, 2.45) is 0 Å². The Labute approximate surface area is 178 Å². The Hall–Kier alpha value is -2.68. The van der Waals surface area contributed by atoms with Crippen LogP contribution >= 0.6 is 11.3 Å². The molecule has 8 heteroatoms. The van der Waals surface area contributed by atoms with Crippen molar-refractivity contribution in [3.63, 3.8) is 0 Å². The van der Waals surface area contributed by atoms with Gasteiger partial charge in [-0.15, -0.1) is 11.3 Å². The lowest BCUT2D eigenvalue weighted by molar-refractivity contribution is -0.0952. The van der Waals surface area contributed by atoms with Crippen molar-refractivity contribution in [2.75, 3.05) is 33.0 Å². The first kappa shape index (κ1) is 20.6. The minimum absolute atomic E-state index is 0.123. The molecule has 0 radical (unpaired) electrons. The average Bonchev–Trinajstić information content (AvgIpc) is 3.29. The van der Waals surface area contributed by atoms with Gasteiger partial charge in [0.1, 0.15) is 5.75 Å². The van der Waals surface area contributed by atoms with E-state index in [9.17, 15) is 9.59 Å². The number of fused-ring (bicyclic) bond motifs is 1. The summed E-state index contributed by atoms with van der Waals surface area (Å²) in [7, 11) is 0. The second-order valence-electron chi connectivity index (χ2n) is 7.04. The summed E-state index contributed by atoms with van der Waals surface area (Å²) in [6.45, 7) is 4.51. The Bertz CT molecular complexity index is 1060. The third kappa shape index (κ3) is 4.72. The zero-order chi connectivity index (χ0) is 20.9. The molecule has 1 aliphatic rings. The summed E-state index contributed by atoms with van der Waals surface area (Å²) in [6, 6.07) is 11.0. The van der Waals surface area contributed by atoms with Crippen molar-refractivity contribution in [1.29, 1.82) is 0 Å². The van der Waals surface area contributed by atoms with E-state index in [1.165, 1.54) is 11.3 Å². The molecule has 4 rings (SSSR count). The van der Waals surface area contributed by atoms with Crippen LogP contribution in [0.3, 0.4) is 0 Å². The molecule has 1 atom stereocenters. The minimum Gasteiger partial charge on any atom is -0.494 e. The van der Waals surface area contributed by atoms with Gasteiger partial charge in [0.2, 0.25) is 0 Å². The van der Waals surface area contributed by atoms with Crippen LogP contribution in [-0.4, -0.2) is 54.9 Å². The Morgan fingerprint density at radius 3 is 2.93 bits per heavy atom. The summed E-state index contributed by atoms with van der Waals surface area (Å²) in [5, 5.41) is 2.72. The van der Waals surface area contributed by atoms with E-state index in [0.717, 1.165) is 16.7 Å². The number of aromatic amines is 1.